The van der Waals surface area contributed by atoms with Crippen LogP contribution in [0.2, 0.25) is 0 Å². The lowest BCUT2D eigenvalue weighted by Crippen LogP contribution is -2.45. The lowest BCUT2D eigenvalue weighted by Gasteiger charge is -2.31. The minimum absolute atomic E-state index is 0.00640. The van der Waals surface area contributed by atoms with Crippen molar-refractivity contribution in [2.24, 2.45) is 11.8 Å². The van der Waals surface area contributed by atoms with Crippen molar-refractivity contribution in [3.05, 3.63) is 17.5 Å². The topological polar surface area (TPSA) is 69.7 Å². The fraction of sp³-hybridized carbons (Fsp3) is 0.737. The average molecular weight is 414 g/mol. The molecule has 1 N–H and O–H groups in total. The lowest BCUT2D eigenvalue weighted by atomic mass is 9.99. The van der Waals surface area contributed by atoms with Gasteiger partial charge >= 0.3 is 0 Å². The molecule has 2 aliphatic rings. The van der Waals surface area contributed by atoms with E-state index in [9.17, 15) is 13.2 Å². The van der Waals surface area contributed by atoms with Gasteiger partial charge in [0.05, 0.1) is 5.92 Å². The molecule has 2 saturated heterocycles. The van der Waals surface area contributed by atoms with Gasteiger partial charge in [0.1, 0.15) is 4.21 Å². The molecule has 0 radical (unpaired) electrons. The van der Waals surface area contributed by atoms with Gasteiger partial charge in [0.25, 0.3) is 10.0 Å². The van der Waals surface area contributed by atoms with Crippen LogP contribution in [0.25, 0.3) is 0 Å². The number of hydrogen-bond donors (Lipinski definition) is 1. The predicted molar refractivity (Wildman–Crippen MR) is 108 cm³/mol. The van der Waals surface area contributed by atoms with Crippen molar-refractivity contribution < 1.29 is 13.2 Å². The largest absolute Gasteiger partial charge is 0.356 e. The molecule has 3 rings (SSSR count). The van der Waals surface area contributed by atoms with Crippen LogP contribution in [0.15, 0.2) is 21.7 Å². The highest BCUT2D eigenvalue weighted by molar-refractivity contribution is 7.91. The summed E-state index contributed by atoms with van der Waals surface area (Å²) in [5.41, 5.74) is 0. The first-order valence-electron chi connectivity index (χ1n) is 10.0. The van der Waals surface area contributed by atoms with Crippen molar-refractivity contribution >= 4 is 27.3 Å². The molecule has 8 heteroatoms. The zero-order valence-electron chi connectivity index (χ0n) is 16.1. The van der Waals surface area contributed by atoms with Gasteiger partial charge < -0.3 is 10.2 Å². The smallest absolute Gasteiger partial charge is 0.252 e. The van der Waals surface area contributed by atoms with Gasteiger partial charge in [-0.05, 0) is 62.6 Å². The molecule has 2 atom stereocenters. The average Bonchev–Trinajstić information content (AvgIpc) is 3.21. The van der Waals surface area contributed by atoms with Crippen LogP contribution in [0, 0.1) is 11.8 Å². The number of carbonyl (C=O) groups excluding carboxylic acids is 1. The van der Waals surface area contributed by atoms with Gasteiger partial charge in [-0.1, -0.05) is 13.0 Å². The number of hydrogen-bond acceptors (Lipinski definition) is 5. The molecule has 1 aromatic rings. The molecule has 2 aliphatic heterocycles. The lowest BCUT2D eigenvalue weighted by molar-refractivity contribution is -0.126. The van der Waals surface area contributed by atoms with Crippen molar-refractivity contribution in [2.75, 3.05) is 39.3 Å². The standard InChI is InChI=1S/C19H31N3O3S2/c1-16-6-2-10-21(14-16)11-5-9-20-19(23)17-7-3-12-22(15-17)27(24,25)18-8-4-13-26-18/h4,8,13,16-17H,2-3,5-7,9-12,14-15H2,1H3,(H,20,23). The van der Waals surface area contributed by atoms with Crippen LogP contribution in [-0.2, 0) is 14.8 Å². The Bertz CT molecular complexity index is 706. The van der Waals surface area contributed by atoms with Gasteiger partial charge in [-0.3, -0.25) is 4.79 Å². The summed E-state index contributed by atoms with van der Waals surface area (Å²) in [7, 11) is -3.46. The van der Waals surface area contributed by atoms with Crippen LogP contribution in [-0.4, -0.2) is 62.8 Å². The Morgan fingerprint density at radius 2 is 2.07 bits per heavy atom. The fourth-order valence-corrected chi connectivity index (χ4v) is 6.73. The summed E-state index contributed by atoms with van der Waals surface area (Å²) in [6.07, 6.45) is 5.02. The van der Waals surface area contributed by atoms with Gasteiger partial charge in [0, 0.05) is 26.2 Å². The number of carbonyl (C=O) groups is 1. The Hall–Kier alpha value is -0.960. The zero-order chi connectivity index (χ0) is 19.3. The Balaban J connectivity index is 1.43. The number of amides is 1. The second-order valence-electron chi connectivity index (χ2n) is 7.83. The summed E-state index contributed by atoms with van der Waals surface area (Å²) in [6.45, 7) is 7.09. The van der Waals surface area contributed by atoms with Crippen LogP contribution >= 0.6 is 11.3 Å². The SMILES string of the molecule is CC1CCCN(CCCNC(=O)C2CCCN(S(=O)(=O)c3cccs3)C2)C1. The molecule has 0 spiro atoms. The third-order valence-corrected chi connectivity index (χ3v) is 8.77. The van der Waals surface area contributed by atoms with E-state index < -0.39 is 10.0 Å². The molecule has 0 aromatic carbocycles. The molecule has 3 heterocycles. The zero-order valence-corrected chi connectivity index (χ0v) is 17.7. The summed E-state index contributed by atoms with van der Waals surface area (Å²) in [6, 6.07) is 3.37. The van der Waals surface area contributed by atoms with E-state index in [0.717, 1.165) is 44.8 Å². The van der Waals surface area contributed by atoms with E-state index in [1.54, 1.807) is 17.5 Å². The number of nitrogens with one attached hydrogen (secondary N) is 1. The highest BCUT2D eigenvalue weighted by atomic mass is 32.2. The van der Waals surface area contributed by atoms with Crippen LogP contribution in [0.1, 0.15) is 39.0 Å². The minimum atomic E-state index is -3.46. The predicted octanol–water partition coefficient (Wildman–Crippen LogP) is 2.39. The van der Waals surface area contributed by atoms with Crippen LogP contribution in [0.5, 0.6) is 0 Å². The quantitative estimate of drug-likeness (QED) is 0.697. The first-order valence-corrected chi connectivity index (χ1v) is 12.3. The monoisotopic (exact) mass is 413 g/mol. The van der Waals surface area contributed by atoms with Crippen molar-refractivity contribution in [2.45, 2.75) is 43.2 Å². The van der Waals surface area contributed by atoms with Gasteiger partial charge in [-0.25, -0.2) is 8.42 Å². The van der Waals surface area contributed by atoms with E-state index in [2.05, 4.69) is 17.1 Å². The summed E-state index contributed by atoms with van der Waals surface area (Å²) >= 11 is 1.23. The summed E-state index contributed by atoms with van der Waals surface area (Å²) in [4.78, 5) is 15.0. The number of thiophene rings is 1. The first kappa shape index (κ1) is 20.8. The Labute approximate surface area is 167 Å². The van der Waals surface area contributed by atoms with Gasteiger partial charge in [0.2, 0.25) is 5.91 Å². The second kappa shape index (κ2) is 9.49. The Morgan fingerprint density at radius 3 is 2.81 bits per heavy atom. The first-order chi connectivity index (χ1) is 13.0. The summed E-state index contributed by atoms with van der Waals surface area (Å²) in [5, 5.41) is 4.79. The fourth-order valence-electron chi connectivity index (χ4n) is 4.06. The Morgan fingerprint density at radius 1 is 1.26 bits per heavy atom. The molecule has 6 nitrogen and oxygen atoms in total. The molecule has 152 valence electrons. The van der Waals surface area contributed by atoms with E-state index in [-0.39, 0.29) is 18.4 Å². The van der Waals surface area contributed by atoms with Gasteiger partial charge in [-0.15, -0.1) is 11.3 Å². The number of nitrogens with zero attached hydrogens (tertiary/aromatic N) is 2. The maximum atomic E-state index is 12.7. The molecule has 0 saturated carbocycles. The summed E-state index contributed by atoms with van der Waals surface area (Å²) in [5.74, 6) is 0.517. The maximum Gasteiger partial charge on any atom is 0.252 e. The van der Waals surface area contributed by atoms with Crippen molar-refractivity contribution in [1.29, 1.82) is 0 Å². The number of rotatable bonds is 7. The minimum Gasteiger partial charge on any atom is -0.356 e. The van der Waals surface area contributed by atoms with Crippen LogP contribution in [0.3, 0.4) is 0 Å². The number of piperidine rings is 2. The molecule has 2 unspecified atom stereocenters. The molecular formula is C19H31N3O3S2. The van der Waals surface area contributed by atoms with E-state index >= 15 is 0 Å². The van der Waals surface area contributed by atoms with E-state index in [1.165, 1.54) is 28.5 Å². The van der Waals surface area contributed by atoms with Crippen LogP contribution < -0.4 is 5.32 Å². The second-order valence-corrected chi connectivity index (χ2v) is 10.9. The van der Waals surface area contributed by atoms with Crippen molar-refractivity contribution in [1.82, 2.24) is 14.5 Å². The van der Waals surface area contributed by atoms with Crippen molar-refractivity contribution in [3.63, 3.8) is 0 Å². The highest BCUT2D eigenvalue weighted by Crippen LogP contribution is 2.26. The maximum absolute atomic E-state index is 12.7. The summed E-state index contributed by atoms with van der Waals surface area (Å²) < 4.78 is 27.2. The van der Waals surface area contributed by atoms with Crippen LogP contribution in [0.4, 0.5) is 0 Å². The Kier molecular flexibility index (Phi) is 7.30. The third kappa shape index (κ3) is 5.53. The molecule has 27 heavy (non-hydrogen) atoms. The van der Waals surface area contributed by atoms with Crippen molar-refractivity contribution in [3.8, 4) is 0 Å². The van der Waals surface area contributed by atoms with Gasteiger partial charge in [-0.2, -0.15) is 4.31 Å². The molecule has 1 aromatic heterocycles. The normalized spacial score (nSPS) is 25.4. The van der Waals surface area contributed by atoms with Gasteiger partial charge in [0.15, 0.2) is 0 Å². The molecular weight excluding hydrogens is 382 g/mol. The van der Waals surface area contributed by atoms with E-state index in [4.69, 9.17) is 0 Å². The number of sulfonamides is 1. The molecule has 0 aliphatic carbocycles. The van der Waals surface area contributed by atoms with E-state index in [0.29, 0.717) is 17.3 Å². The molecule has 0 bridgehead atoms. The molecule has 2 fully saturated rings. The number of likely N-dealkylation sites (tertiary alicyclic amines) is 1. The third-order valence-electron chi connectivity index (χ3n) is 5.54. The molecule has 1 amide bonds. The van der Waals surface area contributed by atoms with E-state index in [1.807, 2.05) is 0 Å². The highest BCUT2D eigenvalue weighted by Gasteiger charge is 2.33.